The molecule has 4 rings (SSSR count). The van der Waals surface area contributed by atoms with Crippen LogP contribution in [0.25, 0.3) is 0 Å². The number of carbonyl (C=O) groups is 2. The van der Waals surface area contributed by atoms with Crippen LogP contribution in [0, 0.1) is 34.5 Å². The Hall–Kier alpha value is -1.16. The lowest BCUT2D eigenvalue weighted by Gasteiger charge is -2.61. The van der Waals surface area contributed by atoms with Crippen molar-refractivity contribution in [3.63, 3.8) is 0 Å². The topological polar surface area (TPSA) is 77.4 Å². The number of carboxylic acid groups (broad SMARTS) is 1. The highest BCUT2D eigenvalue weighted by Crippen LogP contribution is 2.69. The summed E-state index contributed by atoms with van der Waals surface area (Å²) in [5, 5.41) is 22.7. The molecule has 0 bridgehead atoms. The summed E-state index contributed by atoms with van der Waals surface area (Å²) < 4.78 is 0. The molecule has 3 fully saturated rings. The van der Waals surface area contributed by atoms with Crippen molar-refractivity contribution < 1.29 is 19.8 Å². The first-order chi connectivity index (χ1) is 13.6. The first-order valence-electron chi connectivity index (χ1n) is 11.8. The van der Waals surface area contributed by atoms with Crippen molar-refractivity contribution in [1.29, 1.82) is 0 Å². The van der Waals surface area contributed by atoms with Gasteiger partial charge in [-0.3, -0.25) is 4.79 Å². The third-order valence-corrected chi connectivity index (χ3v) is 9.86. The van der Waals surface area contributed by atoms with Gasteiger partial charge in [0.25, 0.3) is 0 Å². The highest BCUT2D eigenvalue weighted by atomic mass is 16.4. The van der Waals surface area contributed by atoms with Crippen molar-refractivity contribution in [2.75, 3.05) is 0 Å². The lowest BCUT2D eigenvalue weighted by Crippen LogP contribution is -2.57. The standard InChI is InChI=1S/C25H38O4/c1-4-5-16-14-17-15-18(26)6-10-23(17,2)19-7-11-24(3)20(22(16)19)8-12-25(24,29)13-9-21(27)28/h15-16,19-20,22,29H,4-14H2,1-3H3,(H,27,28)/p-1/t16-,19+,20+,22-,23+,24+,25+/m1/s1. The van der Waals surface area contributed by atoms with Crippen molar-refractivity contribution in [3.05, 3.63) is 11.6 Å². The molecule has 0 heterocycles. The molecule has 0 amide bonds. The Morgan fingerprint density at radius 3 is 2.62 bits per heavy atom. The van der Waals surface area contributed by atoms with Gasteiger partial charge >= 0.3 is 0 Å². The molecule has 0 aromatic heterocycles. The molecule has 0 saturated heterocycles. The third-order valence-electron chi connectivity index (χ3n) is 9.86. The van der Waals surface area contributed by atoms with E-state index in [1.165, 1.54) is 12.0 Å². The third kappa shape index (κ3) is 3.12. The van der Waals surface area contributed by atoms with Crippen LogP contribution in [0.3, 0.4) is 0 Å². The molecule has 4 aliphatic carbocycles. The van der Waals surface area contributed by atoms with E-state index in [0.29, 0.717) is 48.7 Å². The zero-order chi connectivity index (χ0) is 21.0. The summed E-state index contributed by atoms with van der Waals surface area (Å²) in [6.45, 7) is 6.87. The first-order valence-corrected chi connectivity index (χ1v) is 11.8. The number of ketones is 1. The molecule has 7 atom stereocenters. The molecule has 162 valence electrons. The minimum atomic E-state index is -1.06. The maximum atomic E-state index is 12.2. The smallest absolute Gasteiger partial charge is 0.155 e. The summed E-state index contributed by atoms with van der Waals surface area (Å²) in [5.41, 5.74) is 0.411. The summed E-state index contributed by atoms with van der Waals surface area (Å²) in [5.74, 6) is 1.40. The Labute approximate surface area is 175 Å². The quantitative estimate of drug-likeness (QED) is 0.760. The van der Waals surface area contributed by atoms with Gasteiger partial charge in [0.05, 0.1) is 5.60 Å². The second kappa shape index (κ2) is 7.21. The van der Waals surface area contributed by atoms with Crippen LogP contribution < -0.4 is 5.11 Å². The van der Waals surface area contributed by atoms with Crippen molar-refractivity contribution in [3.8, 4) is 0 Å². The minimum Gasteiger partial charge on any atom is -0.550 e. The van der Waals surface area contributed by atoms with Crippen LogP contribution in [-0.2, 0) is 9.59 Å². The van der Waals surface area contributed by atoms with Crippen LogP contribution in [0.4, 0.5) is 0 Å². The van der Waals surface area contributed by atoms with E-state index in [4.69, 9.17) is 0 Å². The van der Waals surface area contributed by atoms with Crippen molar-refractivity contribution >= 4 is 11.8 Å². The zero-order valence-corrected chi connectivity index (χ0v) is 18.3. The van der Waals surface area contributed by atoms with E-state index in [9.17, 15) is 19.8 Å². The van der Waals surface area contributed by atoms with E-state index >= 15 is 0 Å². The molecule has 0 radical (unpaired) electrons. The van der Waals surface area contributed by atoms with Crippen molar-refractivity contribution in [2.24, 2.45) is 34.5 Å². The molecule has 4 nitrogen and oxygen atoms in total. The number of hydrogen-bond acceptors (Lipinski definition) is 4. The summed E-state index contributed by atoms with van der Waals surface area (Å²) in [6, 6.07) is 0. The predicted octanol–water partition coefficient (Wildman–Crippen LogP) is 3.81. The number of carboxylic acids is 1. The summed E-state index contributed by atoms with van der Waals surface area (Å²) in [6.07, 6.45) is 10.9. The largest absolute Gasteiger partial charge is 0.550 e. The highest BCUT2D eigenvalue weighted by Gasteiger charge is 2.65. The molecule has 4 aliphatic rings. The van der Waals surface area contributed by atoms with Crippen LogP contribution in [-0.4, -0.2) is 22.5 Å². The van der Waals surface area contributed by atoms with Gasteiger partial charge in [-0.2, -0.15) is 0 Å². The lowest BCUT2D eigenvalue weighted by atomic mass is 9.43. The fourth-order valence-electron chi connectivity index (χ4n) is 8.20. The molecule has 3 saturated carbocycles. The Morgan fingerprint density at radius 1 is 1.21 bits per heavy atom. The van der Waals surface area contributed by atoms with Gasteiger partial charge in [0.1, 0.15) is 0 Å². The Morgan fingerprint density at radius 2 is 1.93 bits per heavy atom. The highest BCUT2D eigenvalue weighted by molar-refractivity contribution is 5.91. The maximum absolute atomic E-state index is 12.2. The SMILES string of the molecule is CCC[C@@H]1CC2=CC(=O)CC[C@]2(C)[C@H]2CC[C@@]3(C)[C@@H](CC[C@]3(O)CCC(=O)[O-])[C@H]12. The van der Waals surface area contributed by atoms with E-state index in [2.05, 4.69) is 20.8 Å². The van der Waals surface area contributed by atoms with Crippen molar-refractivity contribution in [2.45, 2.75) is 97.0 Å². The van der Waals surface area contributed by atoms with E-state index < -0.39 is 11.6 Å². The van der Waals surface area contributed by atoms with E-state index in [-0.39, 0.29) is 17.3 Å². The van der Waals surface area contributed by atoms with Crippen molar-refractivity contribution in [1.82, 2.24) is 0 Å². The summed E-state index contributed by atoms with van der Waals surface area (Å²) in [7, 11) is 0. The molecule has 4 heteroatoms. The number of fused-ring (bicyclic) bond motifs is 5. The molecule has 0 aromatic rings. The molecule has 29 heavy (non-hydrogen) atoms. The average molecular weight is 402 g/mol. The van der Waals surface area contributed by atoms with E-state index in [1.54, 1.807) is 0 Å². The Kier molecular flexibility index (Phi) is 5.25. The van der Waals surface area contributed by atoms with E-state index in [0.717, 1.165) is 38.5 Å². The molecule has 0 aliphatic heterocycles. The van der Waals surface area contributed by atoms with Crippen LogP contribution in [0.15, 0.2) is 11.6 Å². The maximum Gasteiger partial charge on any atom is 0.155 e. The lowest BCUT2D eigenvalue weighted by molar-refractivity contribution is -0.307. The number of rotatable bonds is 5. The molecule has 0 unspecified atom stereocenters. The summed E-state index contributed by atoms with van der Waals surface area (Å²) in [4.78, 5) is 23.3. The number of aliphatic carboxylic acids is 1. The van der Waals surface area contributed by atoms with Gasteiger partial charge in [0.2, 0.25) is 0 Å². The first kappa shape index (κ1) is 21.1. The average Bonchev–Trinajstić information content (AvgIpc) is 2.93. The van der Waals surface area contributed by atoms with Gasteiger partial charge in [0.15, 0.2) is 5.78 Å². The molecular formula is C25H37O4-. The van der Waals surface area contributed by atoms with E-state index in [1.807, 2.05) is 6.08 Å². The second-order valence-corrected chi connectivity index (χ2v) is 11.0. The Bertz CT molecular complexity index is 726. The zero-order valence-electron chi connectivity index (χ0n) is 18.3. The minimum absolute atomic E-state index is 0.0575. The fourth-order valence-corrected chi connectivity index (χ4v) is 8.20. The van der Waals surface area contributed by atoms with Gasteiger partial charge < -0.3 is 15.0 Å². The summed E-state index contributed by atoms with van der Waals surface area (Å²) >= 11 is 0. The van der Waals surface area contributed by atoms with Gasteiger partial charge in [0, 0.05) is 12.4 Å². The molecular weight excluding hydrogens is 364 g/mol. The number of aliphatic hydroxyl groups is 1. The number of allylic oxidation sites excluding steroid dienone is 1. The van der Waals surface area contributed by atoms with Crippen LogP contribution in [0.5, 0.6) is 0 Å². The Balaban J connectivity index is 1.69. The van der Waals surface area contributed by atoms with Gasteiger partial charge in [-0.1, -0.05) is 39.2 Å². The number of hydrogen-bond donors (Lipinski definition) is 1. The fraction of sp³-hybridized carbons (Fsp3) is 0.840. The number of carbonyl (C=O) groups excluding carboxylic acids is 2. The molecule has 0 spiro atoms. The van der Waals surface area contributed by atoms with Gasteiger partial charge in [-0.25, -0.2) is 0 Å². The van der Waals surface area contributed by atoms with Crippen LogP contribution in [0.2, 0.25) is 0 Å². The van der Waals surface area contributed by atoms with Gasteiger partial charge in [-0.15, -0.1) is 0 Å². The van der Waals surface area contributed by atoms with Crippen LogP contribution in [0.1, 0.15) is 91.4 Å². The van der Waals surface area contributed by atoms with Crippen LogP contribution >= 0.6 is 0 Å². The molecule has 1 N–H and O–H groups in total. The monoisotopic (exact) mass is 401 g/mol. The predicted molar refractivity (Wildman–Crippen MR) is 110 cm³/mol. The normalized spacial score (nSPS) is 46.5. The second-order valence-electron chi connectivity index (χ2n) is 11.0. The van der Waals surface area contributed by atoms with Gasteiger partial charge in [-0.05, 0) is 91.9 Å². The molecule has 0 aromatic carbocycles.